The van der Waals surface area contributed by atoms with Gasteiger partial charge in [0.15, 0.2) is 4.90 Å². The zero-order chi connectivity index (χ0) is 13.9. The molecule has 4 nitrogen and oxygen atoms in total. The highest BCUT2D eigenvalue weighted by atomic mass is 35.5. The van der Waals surface area contributed by atoms with Crippen LogP contribution < -0.4 is 10.0 Å². The van der Waals surface area contributed by atoms with Crippen LogP contribution in [-0.4, -0.2) is 27.5 Å². The summed E-state index contributed by atoms with van der Waals surface area (Å²) in [4.78, 5) is -0.908. The van der Waals surface area contributed by atoms with Gasteiger partial charge in [-0.1, -0.05) is 6.07 Å². The van der Waals surface area contributed by atoms with Crippen LogP contribution in [0.5, 0.6) is 0 Å². The Hall–Kier alpha value is -0.760. The maximum atomic E-state index is 13.4. The summed E-state index contributed by atoms with van der Waals surface area (Å²) in [5.74, 6) is -2.15. The summed E-state index contributed by atoms with van der Waals surface area (Å²) in [5.41, 5.74) is 0. The van der Waals surface area contributed by atoms with E-state index in [0.717, 1.165) is 37.6 Å². The first kappa shape index (κ1) is 17.3. The molecule has 1 aromatic rings. The quantitative estimate of drug-likeness (QED) is 0.867. The molecular formula is C12H17ClF2N2O2S. The molecule has 0 unspecified atom stereocenters. The smallest absolute Gasteiger partial charge is 0.246 e. The Balaban J connectivity index is 0.00000200. The van der Waals surface area contributed by atoms with E-state index in [1.165, 1.54) is 0 Å². The third-order valence-corrected chi connectivity index (χ3v) is 4.65. The Morgan fingerprint density at radius 3 is 2.50 bits per heavy atom. The topological polar surface area (TPSA) is 58.2 Å². The summed E-state index contributed by atoms with van der Waals surface area (Å²) in [7, 11) is -4.14. The van der Waals surface area contributed by atoms with Gasteiger partial charge in [-0.25, -0.2) is 21.9 Å². The van der Waals surface area contributed by atoms with Gasteiger partial charge in [0.2, 0.25) is 10.0 Å². The van der Waals surface area contributed by atoms with Gasteiger partial charge in [-0.3, -0.25) is 0 Å². The number of halogens is 3. The van der Waals surface area contributed by atoms with Crippen molar-refractivity contribution in [1.82, 2.24) is 10.0 Å². The van der Waals surface area contributed by atoms with E-state index in [1.54, 1.807) is 0 Å². The zero-order valence-corrected chi connectivity index (χ0v) is 12.4. The Morgan fingerprint density at radius 1 is 1.30 bits per heavy atom. The lowest BCUT2D eigenvalue weighted by Gasteiger charge is -2.12. The lowest BCUT2D eigenvalue weighted by molar-refractivity contribution is 0.507. The van der Waals surface area contributed by atoms with Crippen LogP contribution in [0.2, 0.25) is 0 Å². The average molecular weight is 327 g/mol. The minimum atomic E-state index is -4.14. The van der Waals surface area contributed by atoms with Crippen molar-refractivity contribution in [2.24, 2.45) is 0 Å². The van der Waals surface area contributed by atoms with E-state index in [1.807, 2.05) is 0 Å². The van der Waals surface area contributed by atoms with Crippen molar-refractivity contribution in [2.75, 3.05) is 13.1 Å². The van der Waals surface area contributed by atoms with Gasteiger partial charge in [-0.05, 0) is 37.9 Å². The molecule has 0 aliphatic carbocycles. The largest absolute Gasteiger partial charge is 0.314 e. The molecule has 1 saturated heterocycles. The molecule has 1 atom stereocenters. The van der Waals surface area contributed by atoms with Crippen LogP contribution in [0.25, 0.3) is 0 Å². The van der Waals surface area contributed by atoms with E-state index in [0.29, 0.717) is 6.42 Å². The first-order valence-electron chi connectivity index (χ1n) is 6.18. The zero-order valence-electron chi connectivity index (χ0n) is 10.7. The number of nitrogens with one attached hydrogen (secondary N) is 2. The first-order chi connectivity index (χ1) is 9.00. The fraction of sp³-hybridized carbons (Fsp3) is 0.500. The van der Waals surface area contributed by atoms with Gasteiger partial charge in [-0.15, -0.1) is 12.4 Å². The highest BCUT2D eigenvalue weighted by Gasteiger charge is 2.24. The molecule has 0 aromatic heterocycles. The van der Waals surface area contributed by atoms with Crippen LogP contribution in [0.1, 0.15) is 19.3 Å². The van der Waals surface area contributed by atoms with Crippen LogP contribution in [0, 0.1) is 11.6 Å². The summed E-state index contributed by atoms with van der Waals surface area (Å²) in [6.07, 6.45) is 2.67. The molecule has 1 aromatic carbocycles. The lowest BCUT2D eigenvalue weighted by Crippen LogP contribution is -2.31. The highest BCUT2D eigenvalue weighted by Crippen LogP contribution is 2.18. The van der Waals surface area contributed by atoms with Gasteiger partial charge in [0, 0.05) is 12.6 Å². The molecule has 0 saturated carbocycles. The highest BCUT2D eigenvalue weighted by molar-refractivity contribution is 7.89. The third kappa shape index (κ3) is 4.12. The van der Waals surface area contributed by atoms with Gasteiger partial charge < -0.3 is 5.32 Å². The minimum Gasteiger partial charge on any atom is -0.314 e. The molecule has 20 heavy (non-hydrogen) atoms. The molecule has 1 fully saturated rings. The molecule has 0 spiro atoms. The molecule has 1 aliphatic rings. The molecule has 8 heteroatoms. The lowest BCUT2D eigenvalue weighted by atomic mass is 10.2. The number of hydrogen-bond acceptors (Lipinski definition) is 3. The van der Waals surface area contributed by atoms with Crippen molar-refractivity contribution < 1.29 is 17.2 Å². The van der Waals surface area contributed by atoms with Gasteiger partial charge in [0.1, 0.15) is 11.6 Å². The van der Waals surface area contributed by atoms with Gasteiger partial charge in [-0.2, -0.15) is 0 Å². The summed E-state index contributed by atoms with van der Waals surface area (Å²) >= 11 is 0. The first-order valence-corrected chi connectivity index (χ1v) is 7.66. The summed E-state index contributed by atoms with van der Waals surface area (Å²) in [6.45, 7) is 1.09. The average Bonchev–Trinajstić information content (AvgIpc) is 2.81. The predicted molar refractivity (Wildman–Crippen MR) is 74.4 cm³/mol. The second-order valence-corrected chi connectivity index (χ2v) is 6.23. The van der Waals surface area contributed by atoms with E-state index in [9.17, 15) is 17.2 Å². The molecule has 114 valence electrons. The molecular weight excluding hydrogens is 310 g/mol. The molecule has 2 rings (SSSR count). The number of benzene rings is 1. The van der Waals surface area contributed by atoms with Gasteiger partial charge in [0.05, 0.1) is 0 Å². The minimum absolute atomic E-state index is 0. The van der Waals surface area contributed by atoms with Crippen LogP contribution in [-0.2, 0) is 10.0 Å². The van der Waals surface area contributed by atoms with Crippen molar-refractivity contribution in [2.45, 2.75) is 30.2 Å². The van der Waals surface area contributed by atoms with Crippen molar-refractivity contribution in [3.63, 3.8) is 0 Å². The Bertz CT molecular complexity index is 528. The SMILES string of the molecule is Cl.O=S(=O)(NCC[C@H]1CCCN1)c1c(F)cccc1F. The fourth-order valence-corrected chi connectivity index (χ4v) is 3.36. The van der Waals surface area contributed by atoms with Gasteiger partial charge >= 0.3 is 0 Å². The standard InChI is InChI=1S/C12H16F2N2O2S.ClH/c13-10-4-1-5-11(14)12(10)19(17,18)16-8-6-9-3-2-7-15-9;/h1,4-5,9,15-16H,2-3,6-8H2;1H/t9-;/m1./s1. The van der Waals surface area contributed by atoms with E-state index in [-0.39, 0.29) is 25.0 Å². The van der Waals surface area contributed by atoms with E-state index in [2.05, 4.69) is 10.0 Å². The Morgan fingerprint density at radius 2 is 1.95 bits per heavy atom. The van der Waals surface area contributed by atoms with E-state index < -0.39 is 26.6 Å². The molecule has 1 aliphatic heterocycles. The monoisotopic (exact) mass is 326 g/mol. The second-order valence-electron chi connectivity index (χ2n) is 4.53. The van der Waals surface area contributed by atoms with Crippen molar-refractivity contribution in [3.8, 4) is 0 Å². The number of hydrogen-bond donors (Lipinski definition) is 2. The maximum Gasteiger partial charge on any atom is 0.246 e. The molecule has 0 bridgehead atoms. The van der Waals surface area contributed by atoms with Crippen LogP contribution in [0.4, 0.5) is 8.78 Å². The Labute approximate surface area is 123 Å². The van der Waals surface area contributed by atoms with E-state index >= 15 is 0 Å². The van der Waals surface area contributed by atoms with Crippen molar-refractivity contribution in [1.29, 1.82) is 0 Å². The third-order valence-electron chi connectivity index (χ3n) is 3.13. The summed E-state index contributed by atoms with van der Waals surface area (Å²) in [6, 6.07) is 3.26. The second kappa shape index (κ2) is 7.31. The van der Waals surface area contributed by atoms with Crippen molar-refractivity contribution >= 4 is 22.4 Å². The molecule has 0 amide bonds. The van der Waals surface area contributed by atoms with Crippen LogP contribution in [0.3, 0.4) is 0 Å². The summed E-state index contributed by atoms with van der Waals surface area (Å²) in [5, 5.41) is 3.22. The number of sulfonamides is 1. The fourth-order valence-electron chi connectivity index (χ4n) is 2.18. The van der Waals surface area contributed by atoms with Crippen LogP contribution >= 0.6 is 12.4 Å². The maximum absolute atomic E-state index is 13.4. The normalized spacial score (nSPS) is 18.8. The summed E-state index contributed by atoms with van der Waals surface area (Å²) < 4.78 is 52.7. The predicted octanol–water partition coefficient (Wildman–Crippen LogP) is 1.81. The van der Waals surface area contributed by atoms with Gasteiger partial charge in [0.25, 0.3) is 0 Å². The molecule has 2 N–H and O–H groups in total. The number of rotatable bonds is 5. The van der Waals surface area contributed by atoms with Crippen molar-refractivity contribution in [3.05, 3.63) is 29.8 Å². The molecule has 0 radical (unpaired) electrons. The van der Waals surface area contributed by atoms with Crippen LogP contribution in [0.15, 0.2) is 23.1 Å². The molecule has 1 heterocycles. The van der Waals surface area contributed by atoms with E-state index in [4.69, 9.17) is 0 Å². The Kier molecular flexibility index (Phi) is 6.32.